The van der Waals surface area contributed by atoms with Gasteiger partial charge < -0.3 is 19.9 Å². The molecule has 0 unspecified atom stereocenters. The topological polar surface area (TPSA) is 54.9 Å². The lowest BCUT2D eigenvalue weighted by Gasteiger charge is -2.36. The molecule has 0 aliphatic carbocycles. The number of rotatable bonds is 4. The van der Waals surface area contributed by atoms with Gasteiger partial charge in [0.05, 0.1) is 22.3 Å². The zero-order chi connectivity index (χ0) is 22.2. The van der Waals surface area contributed by atoms with Crippen LogP contribution in [0.15, 0.2) is 41.4 Å². The molecule has 0 bridgehead atoms. The van der Waals surface area contributed by atoms with Crippen LogP contribution in [-0.2, 0) is 6.18 Å². The summed E-state index contributed by atoms with van der Waals surface area (Å²) in [6, 6.07) is 8.22. The number of anilines is 1. The second-order valence-corrected chi connectivity index (χ2v) is 7.43. The van der Waals surface area contributed by atoms with Crippen LogP contribution < -0.4 is 4.90 Å². The smallest absolute Gasteiger partial charge is 0.418 e. The molecule has 0 saturated carbocycles. The molecule has 1 aliphatic rings. The van der Waals surface area contributed by atoms with Crippen LogP contribution in [-0.4, -0.2) is 53.9 Å². The minimum absolute atomic E-state index is 0.0633. The van der Waals surface area contributed by atoms with Crippen molar-refractivity contribution in [3.63, 3.8) is 0 Å². The number of nitrogens with one attached hydrogen (secondary N) is 1. The third-order valence-corrected chi connectivity index (χ3v) is 5.58. The second-order valence-electron chi connectivity index (χ2n) is 7.43. The third-order valence-electron chi connectivity index (χ3n) is 5.58. The van der Waals surface area contributed by atoms with E-state index >= 15 is 0 Å². The number of benzene rings is 2. The van der Waals surface area contributed by atoms with Crippen molar-refractivity contribution < 1.29 is 22.7 Å². The molecule has 1 saturated heterocycles. The van der Waals surface area contributed by atoms with Crippen molar-refractivity contribution in [2.24, 2.45) is 4.99 Å². The Balaban J connectivity index is 1.67. The number of H-pyrrole nitrogens is 1. The van der Waals surface area contributed by atoms with Crippen molar-refractivity contribution in [3.8, 4) is 5.88 Å². The van der Waals surface area contributed by atoms with Crippen LogP contribution in [0, 0.1) is 5.82 Å². The minimum Gasteiger partial charge on any atom is -0.494 e. The Kier molecular flexibility index (Phi) is 5.62. The molecule has 2 heterocycles. The Morgan fingerprint density at radius 3 is 2.55 bits per heavy atom. The SMILES string of the molecule is CCN1CCN(c2ccc(N=Cc3c(O)[nH]c4cccc(F)c34)cc2C(F)(F)F)CC1. The first-order valence-corrected chi connectivity index (χ1v) is 9.99. The molecule has 0 amide bonds. The van der Waals surface area contributed by atoms with Crippen LogP contribution in [0.25, 0.3) is 10.9 Å². The lowest BCUT2D eigenvalue weighted by Crippen LogP contribution is -2.46. The van der Waals surface area contributed by atoms with Crippen LogP contribution in [0.3, 0.4) is 0 Å². The second kappa shape index (κ2) is 8.22. The number of halogens is 4. The molecule has 164 valence electrons. The van der Waals surface area contributed by atoms with Crippen LogP contribution in [0.5, 0.6) is 5.88 Å². The Morgan fingerprint density at radius 2 is 1.87 bits per heavy atom. The standard InChI is InChI=1S/C22H22F4N4O/c1-2-29-8-10-30(11-9-29)19-7-6-14(12-16(19)22(24,25)26)27-13-15-20-17(23)4-3-5-18(20)28-21(15)31/h3-7,12-13,28,31H,2,8-11H2,1H3. The first kappa shape index (κ1) is 21.2. The molecule has 5 nitrogen and oxygen atoms in total. The van der Waals surface area contributed by atoms with Crippen molar-refractivity contribution >= 4 is 28.5 Å². The van der Waals surface area contributed by atoms with E-state index in [1.54, 1.807) is 11.0 Å². The summed E-state index contributed by atoms with van der Waals surface area (Å²) in [7, 11) is 0. The van der Waals surface area contributed by atoms with E-state index in [2.05, 4.69) is 14.9 Å². The minimum atomic E-state index is -4.54. The number of aliphatic imine (C=N–C) groups is 1. The Labute approximate surface area is 176 Å². The molecular weight excluding hydrogens is 412 g/mol. The van der Waals surface area contributed by atoms with Crippen molar-refractivity contribution in [2.75, 3.05) is 37.6 Å². The fraction of sp³-hybridized carbons (Fsp3) is 0.318. The van der Waals surface area contributed by atoms with Crippen molar-refractivity contribution in [3.05, 3.63) is 53.3 Å². The van der Waals surface area contributed by atoms with Gasteiger partial charge in [-0.3, -0.25) is 4.99 Å². The van der Waals surface area contributed by atoms with Gasteiger partial charge in [-0.15, -0.1) is 0 Å². The van der Waals surface area contributed by atoms with E-state index in [-0.39, 0.29) is 28.2 Å². The number of aromatic nitrogens is 1. The highest BCUT2D eigenvalue weighted by Crippen LogP contribution is 2.39. The van der Waals surface area contributed by atoms with Gasteiger partial charge >= 0.3 is 6.18 Å². The zero-order valence-corrected chi connectivity index (χ0v) is 16.9. The summed E-state index contributed by atoms with van der Waals surface area (Å²) in [5.41, 5.74) is -0.115. The first-order valence-electron chi connectivity index (χ1n) is 9.99. The molecule has 4 rings (SSSR count). The molecule has 1 aliphatic heterocycles. The zero-order valence-electron chi connectivity index (χ0n) is 16.9. The van der Waals surface area contributed by atoms with E-state index in [9.17, 15) is 22.7 Å². The maximum Gasteiger partial charge on any atom is 0.418 e. The lowest BCUT2D eigenvalue weighted by atomic mass is 10.1. The highest BCUT2D eigenvalue weighted by atomic mass is 19.4. The van der Waals surface area contributed by atoms with E-state index < -0.39 is 17.6 Å². The number of aromatic amines is 1. The molecule has 9 heteroatoms. The van der Waals surface area contributed by atoms with Crippen LogP contribution in [0.4, 0.5) is 28.9 Å². The van der Waals surface area contributed by atoms with Crippen molar-refractivity contribution in [1.82, 2.24) is 9.88 Å². The molecule has 2 aromatic carbocycles. The summed E-state index contributed by atoms with van der Waals surface area (Å²) in [5.74, 6) is -0.863. The molecule has 2 N–H and O–H groups in total. The van der Waals surface area contributed by atoms with Gasteiger partial charge in [-0.25, -0.2) is 4.39 Å². The van der Waals surface area contributed by atoms with Gasteiger partial charge in [-0.2, -0.15) is 13.2 Å². The third kappa shape index (κ3) is 4.23. The summed E-state index contributed by atoms with van der Waals surface area (Å²) in [4.78, 5) is 10.7. The Morgan fingerprint density at radius 1 is 1.13 bits per heavy atom. The van der Waals surface area contributed by atoms with Gasteiger partial charge in [0.1, 0.15) is 5.82 Å². The van der Waals surface area contributed by atoms with Crippen molar-refractivity contribution in [1.29, 1.82) is 0 Å². The molecular formula is C22H22F4N4O. The Hall–Kier alpha value is -3.07. The molecule has 0 atom stereocenters. The molecule has 0 radical (unpaired) electrons. The molecule has 31 heavy (non-hydrogen) atoms. The summed E-state index contributed by atoms with van der Waals surface area (Å²) in [5, 5.41) is 10.2. The number of aromatic hydroxyl groups is 1. The fourth-order valence-electron chi connectivity index (χ4n) is 3.89. The van der Waals surface area contributed by atoms with Gasteiger partial charge in [0.2, 0.25) is 0 Å². The van der Waals surface area contributed by atoms with E-state index in [1.807, 2.05) is 6.92 Å². The maximum atomic E-state index is 14.2. The highest BCUT2D eigenvalue weighted by Gasteiger charge is 2.35. The molecule has 1 aromatic heterocycles. The number of likely N-dealkylation sites (N-methyl/N-ethyl adjacent to an activating group) is 1. The number of alkyl halides is 3. The van der Waals surface area contributed by atoms with E-state index in [4.69, 9.17) is 0 Å². The number of hydrogen-bond acceptors (Lipinski definition) is 4. The number of fused-ring (bicyclic) bond motifs is 1. The van der Waals surface area contributed by atoms with Gasteiger partial charge in [0.25, 0.3) is 0 Å². The summed E-state index contributed by atoms with van der Waals surface area (Å²) >= 11 is 0. The predicted molar refractivity (Wildman–Crippen MR) is 113 cm³/mol. The van der Waals surface area contributed by atoms with Crippen LogP contribution in [0.1, 0.15) is 18.1 Å². The number of nitrogens with zero attached hydrogens (tertiary/aromatic N) is 3. The molecule has 1 fully saturated rings. The van der Waals surface area contributed by atoms with E-state index in [0.717, 1.165) is 12.6 Å². The van der Waals surface area contributed by atoms with Gasteiger partial charge in [0.15, 0.2) is 5.88 Å². The van der Waals surface area contributed by atoms with Crippen molar-refractivity contribution in [2.45, 2.75) is 13.1 Å². The predicted octanol–water partition coefficient (Wildman–Crippen LogP) is 4.92. The fourth-order valence-corrected chi connectivity index (χ4v) is 3.89. The highest BCUT2D eigenvalue weighted by molar-refractivity contribution is 6.02. The summed E-state index contributed by atoms with van der Waals surface area (Å²) < 4.78 is 55.5. The maximum absolute atomic E-state index is 14.2. The summed E-state index contributed by atoms with van der Waals surface area (Å²) in [6.45, 7) is 5.35. The van der Waals surface area contributed by atoms with E-state index in [1.165, 1.54) is 30.5 Å². The number of hydrogen-bond donors (Lipinski definition) is 2. The molecule has 0 spiro atoms. The number of piperazine rings is 1. The largest absolute Gasteiger partial charge is 0.494 e. The summed E-state index contributed by atoms with van der Waals surface area (Å²) in [6.07, 6.45) is -3.37. The van der Waals surface area contributed by atoms with Crippen LogP contribution in [0.2, 0.25) is 0 Å². The lowest BCUT2D eigenvalue weighted by molar-refractivity contribution is -0.137. The Bertz CT molecular complexity index is 1110. The quantitative estimate of drug-likeness (QED) is 0.453. The first-order chi connectivity index (χ1) is 14.8. The van der Waals surface area contributed by atoms with Gasteiger partial charge in [0, 0.05) is 43.5 Å². The van der Waals surface area contributed by atoms with E-state index in [0.29, 0.717) is 31.7 Å². The van der Waals surface area contributed by atoms with Crippen LogP contribution >= 0.6 is 0 Å². The van der Waals surface area contributed by atoms with Gasteiger partial charge in [-0.1, -0.05) is 13.0 Å². The van der Waals surface area contributed by atoms with Gasteiger partial charge in [-0.05, 0) is 36.9 Å². The molecule has 3 aromatic rings. The normalized spacial score (nSPS) is 16.0. The monoisotopic (exact) mass is 434 g/mol. The average Bonchev–Trinajstić information content (AvgIpc) is 3.08. The average molecular weight is 434 g/mol.